The van der Waals surface area contributed by atoms with Crippen molar-refractivity contribution in [3.8, 4) is 0 Å². The quantitative estimate of drug-likeness (QED) is 0.769. The number of hydrogen-bond donors (Lipinski definition) is 1. The van der Waals surface area contributed by atoms with E-state index >= 15 is 0 Å². The number of carbonyl (C=O) groups excluding carboxylic acids is 2. The predicted octanol–water partition coefficient (Wildman–Crippen LogP) is 2.52. The minimum absolute atomic E-state index is 0. The van der Waals surface area contributed by atoms with E-state index in [4.69, 9.17) is 4.74 Å². The Morgan fingerprint density at radius 1 is 1.33 bits per heavy atom. The molecule has 1 N–H and O–H groups in total. The van der Waals surface area contributed by atoms with Crippen LogP contribution in [0.3, 0.4) is 0 Å². The molecule has 0 aromatic carbocycles. The standard InChI is InChI=1S/C11H21NO3.H2/c1-5-6-7-9(13)8-12-10(14)15-11(2,3)4;/h5-8H2,1-4H3,(H,12,14);1H. The lowest BCUT2D eigenvalue weighted by atomic mass is 10.2. The molecule has 0 bridgehead atoms. The van der Waals surface area contributed by atoms with Gasteiger partial charge in [-0.1, -0.05) is 13.3 Å². The van der Waals surface area contributed by atoms with Gasteiger partial charge in [0.2, 0.25) is 0 Å². The molecule has 0 unspecified atom stereocenters. The molecular formula is C11H23NO3. The van der Waals surface area contributed by atoms with Crippen molar-refractivity contribution in [3.63, 3.8) is 0 Å². The fourth-order valence-electron chi connectivity index (χ4n) is 0.947. The molecule has 15 heavy (non-hydrogen) atoms. The van der Waals surface area contributed by atoms with E-state index in [-0.39, 0.29) is 13.8 Å². The number of unbranched alkanes of at least 4 members (excludes halogenated alkanes) is 1. The third-order valence-corrected chi connectivity index (χ3v) is 1.64. The summed E-state index contributed by atoms with van der Waals surface area (Å²) in [6.45, 7) is 7.44. The Kier molecular flexibility index (Phi) is 5.97. The maximum atomic E-state index is 11.2. The average Bonchev–Trinajstić information content (AvgIpc) is 2.08. The van der Waals surface area contributed by atoms with Crippen molar-refractivity contribution in [1.29, 1.82) is 0 Å². The van der Waals surface area contributed by atoms with Gasteiger partial charge in [0.05, 0.1) is 6.54 Å². The molecule has 0 aliphatic heterocycles. The smallest absolute Gasteiger partial charge is 0.408 e. The lowest BCUT2D eigenvalue weighted by molar-refractivity contribution is -0.118. The minimum Gasteiger partial charge on any atom is -0.444 e. The highest BCUT2D eigenvalue weighted by Crippen LogP contribution is 2.06. The van der Waals surface area contributed by atoms with Gasteiger partial charge in [-0.3, -0.25) is 4.79 Å². The lowest BCUT2D eigenvalue weighted by Gasteiger charge is -2.19. The molecule has 0 heterocycles. The maximum Gasteiger partial charge on any atom is 0.408 e. The van der Waals surface area contributed by atoms with Gasteiger partial charge in [-0.15, -0.1) is 0 Å². The van der Waals surface area contributed by atoms with Crippen molar-refractivity contribution < 1.29 is 15.8 Å². The second-order valence-corrected chi connectivity index (χ2v) is 4.50. The van der Waals surface area contributed by atoms with Crippen molar-refractivity contribution in [2.75, 3.05) is 6.54 Å². The molecule has 0 saturated heterocycles. The van der Waals surface area contributed by atoms with E-state index in [0.717, 1.165) is 12.8 Å². The number of Topliss-reactive ketones (excluding diaryl/α,β-unsaturated/α-hetero) is 1. The number of ether oxygens (including phenoxy) is 1. The van der Waals surface area contributed by atoms with Crippen molar-refractivity contribution in [2.24, 2.45) is 0 Å². The molecule has 0 aliphatic carbocycles. The van der Waals surface area contributed by atoms with Crippen LogP contribution in [-0.4, -0.2) is 24.0 Å². The van der Waals surface area contributed by atoms with Gasteiger partial charge in [-0.25, -0.2) is 4.79 Å². The van der Waals surface area contributed by atoms with Crippen LogP contribution in [-0.2, 0) is 9.53 Å². The summed E-state index contributed by atoms with van der Waals surface area (Å²) in [5.41, 5.74) is -0.517. The van der Waals surface area contributed by atoms with E-state index in [1.54, 1.807) is 20.8 Å². The van der Waals surface area contributed by atoms with Crippen molar-refractivity contribution in [3.05, 3.63) is 0 Å². The van der Waals surface area contributed by atoms with Crippen LogP contribution in [0.15, 0.2) is 0 Å². The number of amides is 1. The van der Waals surface area contributed by atoms with Crippen LogP contribution in [0.25, 0.3) is 0 Å². The minimum atomic E-state index is -0.535. The number of rotatable bonds is 5. The fourth-order valence-corrected chi connectivity index (χ4v) is 0.947. The van der Waals surface area contributed by atoms with Crippen LogP contribution < -0.4 is 5.32 Å². The molecule has 0 saturated carbocycles. The summed E-state index contributed by atoms with van der Waals surface area (Å²) >= 11 is 0. The van der Waals surface area contributed by atoms with Gasteiger partial charge >= 0.3 is 6.09 Å². The largest absolute Gasteiger partial charge is 0.444 e. The summed E-state index contributed by atoms with van der Waals surface area (Å²) in [4.78, 5) is 22.4. The fraction of sp³-hybridized carbons (Fsp3) is 0.818. The topological polar surface area (TPSA) is 55.4 Å². The Hall–Kier alpha value is -1.06. The van der Waals surface area contributed by atoms with Crippen LogP contribution >= 0.6 is 0 Å². The molecule has 0 aliphatic rings. The monoisotopic (exact) mass is 217 g/mol. The van der Waals surface area contributed by atoms with Gasteiger partial charge < -0.3 is 10.1 Å². The number of hydrogen-bond acceptors (Lipinski definition) is 3. The first-order valence-electron chi connectivity index (χ1n) is 5.33. The van der Waals surface area contributed by atoms with Crippen molar-refractivity contribution in [2.45, 2.75) is 52.6 Å². The summed E-state index contributed by atoms with van der Waals surface area (Å²) in [6, 6.07) is 0. The summed E-state index contributed by atoms with van der Waals surface area (Å²) < 4.78 is 4.99. The molecule has 90 valence electrons. The Bertz CT molecular complexity index is 224. The highest BCUT2D eigenvalue weighted by atomic mass is 16.6. The number of alkyl carbamates (subject to hydrolysis) is 1. The van der Waals surface area contributed by atoms with E-state index in [0.29, 0.717) is 6.42 Å². The molecule has 0 aromatic rings. The molecule has 0 rings (SSSR count). The zero-order valence-corrected chi connectivity index (χ0v) is 10.1. The Morgan fingerprint density at radius 3 is 2.40 bits per heavy atom. The Balaban J connectivity index is 0. The molecule has 0 radical (unpaired) electrons. The number of ketones is 1. The summed E-state index contributed by atoms with van der Waals surface area (Å²) in [7, 11) is 0. The van der Waals surface area contributed by atoms with Gasteiger partial charge in [-0.05, 0) is 27.2 Å². The van der Waals surface area contributed by atoms with Gasteiger partial charge in [0.1, 0.15) is 5.60 Å². The number of nitrogens with one attached hydrogen (secondary N) is 1. The lowest BCUT2D eigenvalue weighted by Crippen LogP contribution is -2.35. The molecule has 4 heteroatoms. The highest BCUT2D eigenvalue weighted by Gasteiger charge is 2.16. The van der Waals surface area contributed by atoms with Crippen LogP contribution in [0, 0.1) is 0 Å². The molecule has 0 atom stereocenters. The molecule has 4 nitrogen and oxygen atoms in total. The number of carbonyl (C=O) groups is 2. The zero-order valence-electron chi connectivity index (χ0n) is 10.1. The second-order valence-electron chi connectivity index (χ2n) is 4.50. The maximum absolute atomic E-state index is 11.2. The van der Waals surface area contributed by atoms with Crippen molar-refractivity contribution in [1.82, 2.24) is 5.32 Å². The normalized spacial score (nSPS) is 10.9. The summed E-state index contributed by atoms with van der Waals surface area (Å²) in [5, 5.41) is 2.44. The predicted molar refractivity (Wildman–Crippen MR) is 60.9 cm³/mol. The first kappa shape index (κ1) is 13.9. The van der Waals surface area contributed by atoms with E-state index < -0.39 is 11.7 Å². The SMILES string of the molecule is CCCCC(=O)CNC(=O)OC(C)(C)C.[HH]. The first-order valence-corrected chi connectivity index (χ1v) is 5.33. The molecule has 0 aromatic heterocycles. The summed E-state index contributed by atoms with van der Waals surface area (Å²) in [5.74, 6) is 0.0442. The van der Waals surface area contributed by atoms with Gasteiger partial charge in [0.25, 0.3) is 0 Å². The first-order chi connectivity index (χ1) is 6.85. The zero-order chi connectivity index (χ0) is 11.9. The van der Waals surface area contributed by atoms with E-state index in [1.807, 2.05) is 6.92 Å². The second kappa shape index (κ2) is 6.43. The van der Waals surface area contributed by atoms with Crippen molar-refractivity contribution >= 4 is 11.9 Å². The molecular weight excluding hydrogens is 194 g/mol. The Morgan fingerprint density at radius 2 is 1.93 bits per heavy atom. The molecule has 0 fully saturated rings. The molecule has 1 amide bonds. The summed E-state index contributed by atoms with van der Waals surface area (Å²) in [6.07, 6.45) is 1.84. The van der Waals surface area contributed by atoms with Crippen LogP contribution in [0.4, 0.5) is 4.79 Å². The van der Waals surface area contributed by atoms with Crippen LogP contribution in [0.1, 0.15) is 48.4 Å². The Labute approximate surface area is 92.9 Å². The average molecular weight is 217 g/mol. The molecule has 0 spiro atoms. The van der Waals surface area contributed by atoms with E-state index in [2.05, 4.69) is 5.32 Å². The third-order valence-electron chi connectivity index (χ3n) is 1.64. The van der Waals surface area contributed by atoms with E-state index in [9.17, 15) is 9.59 Å². The highest BCUT2D eigenvalue weighted by molar-refractivity contribution is 5.83. The van der Waals surface area contributed by atoms with Gasteiger partial charge in [-0.2, -0.15) is 0 Å². The van der Waals surface area contributed by atoms with E-state index in [1.165, 1.54) is 0 Å². The van der Waals surface area contributed by atoms with Gasteiger partial charge in [0.15, 0.2) is 5.78 Å². The van der Waals surface area contributed by atoms with Crippen LogP contribution in [0.5, 0.6) is 0 Å². The van der Waals surface area contributed by atoms with Gasteiger partial charge in [0, 0.05) is 7.85 Å². The third kappa shape index (κ3) is 9.25. The van der Waals surface area contributed by atoms with Crippen LogP contribution in [0.2, 0.25) is 0 Å².